The number of hydrogen-bond acceptors (Lipinski definition) is 6. The van der Waals surface area contributed by atoms with E-state index in [2.05, 4.69) is 15.3 Å². The lowest BCUT2D eigenvalue weighted by Crippen LogP contribution is -2.20. The minimum absolute atomic E-state index is 0.0800. The normalized spacial score (nSPS) is 12.0. The van der Waals surface area contributed by atoms with Crippen molar-refractivity contribution in [3.63, 3.8) is 0 Å². The number of fused-ring (bicyclic) bond motifs is 2. The molecular weight excluding hydrogens is 432 g/mol. The summed E-state index contributed by atoms with van der Waals surface area (Å²) in [5.74, 6) is 0.0503. The fourth-order valence-electron chi connectivity index (χ4n) is 3.66. The zero-order valence-corrected chi connectivity index (χ0v) is 18.9. The number of carbonyl (C=O) groups is 2. The summed E-state index contributed by atoms with van der Waals surface area (Å²) in [6, 6.07) is 16.7. The van der Waals surface area contributed by atoms with Crippen molar-refractivity contribution in [1.82, 2.24) is 9.97 Å². The van der Waals surface area contributed by atoms with E-state index in [-0.39, 0.29) is 13.2 Å². The molecule has 172 valence electrons. The third kappa shape index (κ3) is 4.66. The Kier molecular flexibility index (Phi) is 6.68. The second-order valence-electron chi connectivity index (χ2n) is 7.27. The summed E-state index contributed by atoms with van der Waals surface area (Å²) in [5.41, 5.74) is 10.4. The summed E-state index contributed by atoms with van der Waals surface area (Å²) in [5, 5.41) is 3.52. The first-order valence-electron chi connectivity index (χ1n) is 10.9. The zero-order valence-electron chi connectivity index (χ0n) is 18.9. The molecule has 8 heteroatoms. The van der Waals surface area contributed by atoms with Crippen LogP contribution in [0.3, 0.4) is 0 Å². The van der Waals surface area contributed by atoms with Gasteiger partial charge in [-0.3, -0.25) is 20.1 Å². The Morgan fingerprint density at radius 3 is 2.68 bits per heavy atom. The van der Waals surface area contributed by atoms with Crippen LogP contribution in [0.15, 0.2) is 67.0 Å². The van der Waals surface area contributed by atoms with Gasteiger partial charge < -0.3 is 15.2 Å². The monoisotopic (exact) mass is 456 g/mol. The van der Waals surface area contributed by atoms with Gasteiger partial charge in [0.05, 0.1) is 22.5 Å². The summed E-state index contributed by atoms with van der Waals surface area (Å²) in [6.45, 7) is 4.29. The molecule has 0 bridgehead atoms. The van der Waals surface area contributed by atoms with Crippen LogP contribution in [0.4, 0.5) is 10.5 Å². The predicted octanol–water partition coefficient (Wildman–Crippen LogP) is 5.06. The maximum Gasteiger partial charge on any atom is 0.411 e. The molecule has 4 aromatic rings. The molecule has 0 fully saturated rings. The second kappa shape index (κ2) is 9.99. The van der Waals surface area contributed by atoms with Crippen molar-refractivity contribution in [3.8, 4) is 16.9 Å². The number of nitrogens with zero attached hydrogens (tertiary/aromatic N) is 2. The van der Waals surface area contributed by atoms with E-state index in [0.29, 0.717) is 17.0 Å². The predicted molar refractivity (Wildman–Crippen MR) is 129 cm³/mol. The smallest absolute Gasteiger partial charge is 0.411 e. The highest BCUT2D eigenvalue weighted by Crippen LogP contribution is 2.34. The maximum absolute atomic E-state index is 11.7. The first kappa shape index (κ1) is 22.7. The van der Waals surface area contributed by atoms with Gasteiger partial charge in [-0.1, -0.05) is 19.9 Å². The lowest BCUT2D eigenvalue weighted by atomic mass is 9.99. The molecule has 0 radical (unpaired) electrons. The van der Waals surface area contributed by atoms with Crippen molar-refractivity contribution in [2.24, 2.45) is 5.73 Å². The van der Waals surface area contributed by atoms with Crippen molar-refractivity contribution in [2.75, 3.05) is 5.32 Å². The van der Waals surface area contributed by atoms with Crippen LogP contribution in [0.1, 0.15) is 35.5 Å². The van der Waals surface area contributed by atoms with Crippen LogP contribution in [-0.4, -0.2) is 22.0 Å². The average Bonchev–Trinajstić information content (AvgIpc) is 2.88. The molecule has 2 amide bonds. The quantitative estimate of drug-likeness (QED) is 0.433. The minimum atomic E-state index is -0.555. The van der Waals surface area contributed by atoms with E-state index in [0.717, 1.165) is 33.3 Å². The molecule has 0 saturated heterocycles. The number of amides is 2. The molecule has 8 nitrogen and oxygen atoms in total. The first-order valence-corrected chi connectivity index (χ1v) is 10.9. The number of pyridine rings is 2. The number of primary amides is 1. The number of aromatic nitrogens is 2. The largest absolute Gasteiger partial charge is 0.487 e. The molecule has 1 aliphatic heterocycles. The van der Waals surface area contributed by atoms with Gasteiger partial charge in [0.1, 0.15) is 19.0 Å². The minimum Gasteiger partial charge on any atom is -0.487 e. The van der Waals surface area contributed by atoms with Crippen LogP contribution in [0, 0.1) is 0 Å². The van der Waals surface area contributed by atoms with Crippen LogP contribution >= 0.6 is 0 Å². The van der Waals surface area contributed by atoms with Crippen LogP contribution in [0.2, 0.25) is 0 Å². The van der Waals surface area contributed by atoms with Crippen molar-refractivity contribution in [1.29, 1.82) is 0 Å². The second-order valence-corrected chi connectivity index (χ2v) is 7.27. The summed E-state index contributed by atoms with van der Waals surface area (Å²) >= 11 is 0. The highest BCUT2D eigenvalue weighted by atomic mass is 16.5. The Hall–Kier alpha value is -4.46. The van der Waals surface area contributed by atoms with Gasteiger partial charge in [0.25, 0.3) is 5.91 Å². The molecular formula is C26H24N4O4. The molecule has 0 aliphatic carbocycles. The Labute approximate surface area is 196 Å². The van der Waals surface area contributed by atoms with E-state index >= 15 is 0 Å². The lowest BCUT2D eigenvalue weighted by molar-refractivity contribution is 0.0997. The van der Waals surface area contributed by atoms with Crippen LogP contribution in [0.5, 0.6) is 5.75 Å². The molecule has 3 heterocycles. The van der Waals surface area contributed by atoms with Gasteiger partial charge in [-0.15, -0.1) is 0 Å². The van der Waals surface area contributed by atoms with Crippen molar-refractivity contribution in [2.45, 2.75) is 27.1 Å². The molecule has 0 saturated carbocycles. The van der Waals surface area contributed by atoms with Gasteiger partial charge >= 0.3 is 6.09 Å². The number of ether oxygens (including phenoxy) is 2. The topological polar surface area (TPSA) is 116 Å². The number of anilines is 1. The van der Waals surface area contributed by atoms with E-state index in [1.807, 2.05) is 56.3 Å². The van der Waals surface area contributed by atoms with Crippen LogP contribution < -0.4 is 15.8 Å². The van der Waals surface area contributed by atoms with Gasteiger partial charge in [0, 0.05) is 23.3 Å². The summed E-state index contributed by atoms with van der Waals surface area (Å²) in [6.07, 6.45) is 2.85. The van der Waals surface area contributed by atoms with E-state index in [1.165, 1.54) is 0 Å². The third-order valence-corrected chi connectivity index (χ3v) is 5.24. The molecule has 5 rings (SSSR count). The van der Waals surface area contributed by atoms with Crippen molar-refractivity contribution < 1.29 is 19.1 Å². The Balaban J connectivity index is 0.00000133. The van der Waals surface area contributed by atoms with Gasteiger partial charge in [0.15, 0.2) is 0 Å². The van der Waals surface area contributed by atoms with E-state index in [9.17, 15) is 9.59 Å². The van der Waals surface area contributed by atoms with Crippen molar-refractivity contribution >= 4 is 28.6 Å². The summed E-state index contributed by atoms with van der Waals surface area (Å²) in [7, 11) is 0. The van der Waals surface area contributed by atoms with Crippen LogP contribution in [0.25, 0.3) is 22.0 Å². The molecule has 34 heavy (non-hydrogen) atoms. The lowest BCUT2D eigenvalue weighted by Gasteiger charge is -2.18. The Morgan fingerprint density at radius 1 is 1.06 bits per heavy atom. The Bertz CT molecular complexity index is 1370. The number of nitrogens with two attached hydrogens (primary N) is 1. The molecule has 1 aliphatic rings. The maximum atomic E-state index is 11.7. The number of benzene rings is 2. The van der Waals surface area contributed by atoms with Crippen molar-refractivity contribution in [3.05, 3.63) is 83.8 Å². The van der Waals surface area contributed by atoms with Gasteiger partial charge in [-0.2, -0.15) is 0 Å². The van der Waals surface area contributed by atoms with E-state index < -0.39 is 12.0 Å². The highest BCUT2D eigenvalue weighted by Gasteiger charge is 2.17. The number of cyclic esters (lactones) is 1. The molecule has 2 aromatic carbocycles. The SMILES string of the molecule is CC.NC(=O)c1cccnc1COc1cc(-c2ccc3c(c2)COC(=O)N3)cc2ncccc12. The average molecular weight is 457 g/mol. The number of carbonyl (C=O) groups excluding carboxylic acids is 2. The van der Waals surface area contributed by atoms with E-state index in [1.54, 1.807) is 24.5 Å². The molecule has 0 spiro atoms. The number of rotatable bonds is 5. The van der Waals surface area contributed by atoms with Gasteiger partial charge in [-0.05, 0) is 59.7 Å². The van der Waals surface area contributed by atoms with Gasteiger partial charge in [-0.25, -0.2) is 4.79 Å². The van der Waals surface area contributed by atoms with Crippen LogP contribution in [-0.2, 0) is 18.0 Å². The molecule has 0 atom stereocenters. The fraction of sp³-hybridized carbons (Fsp3) is 0.154. The summed E-state index contributed by atoms with van der Waals surface area (Å²) < 4.78 is 11.2. The third-order valence-electron chi connectivity index (χ3n) is 5.24. The van der Waals surface area contributed by atoms with E-state index in [4.69, 9.17) is 15.2 Å². The molecule has 0 unspecified atom stereocenters. The highest BCUT2D eigenvalue weighted by molar-refractivity contribution is 5.94. The standard InChI is InChI=1S/C24H18N4O4.C2H6/c25-23(29)18-4-2-8-27-21(18)13-31-22-11-15(10-20-17(22)3-1-7-26-20)14-5-6-19-16(9-14)12-32-24(30)28-19;1-2/h1-11H,12-13H2,(H2,25,29)(H,28,30);1-2H3. The zero-order chi connectivity index (χ0) is 24.1. The summed E-state index contributed by atoms with van der Waals surface area (Å²) in [4.78, 5) is 31.9. The number of nitrogens with one attached hydrogen (secondary N) is 1. The molecule has 2 aromatic heterocycles. The first-order chi connectivity index (χ1) is 16.6. The Morgan fingerprint density at radius 2 is 1.85 bits per heavy atom. The molecule has 3 N–H and O–H groups in total. The number of hydrogen-bond donors (Lipinski definition) is 2. The van der Waals surface area contributed by atoms with Gasteiger partial charge in [0.2, 0.25) is 0 Å². The fourth-order valence-corrected chi connectivity index (χ4v) is 3.66.